The number of ketones is 1. The molecule has 0 amide bonds. The second-order valence-electron chi connectivity index (χ2n) is 4.30. The fourth-order valence-electron chi connectivity index (χ4n) is 1.96. The van der Waals surface area contributed by atoms with Crippen LogP contribution in [0.3, 0.4) is 0 Å². The third kappa shape index (κ3) is 2.90. The molecule has 106 valence electrons. The van der Waals surface area contributed by atoms with Gasteiger partial charge < -0.3 is 4.74 Å². The molecule has 0 aliphatic rings. The number of carbonyl (C=O) groups excluding carboxylic acids is 1. The number of hydrogen-bond donors (Lipinski definition) is 0. The molecule has 2 rings (SSSR count). The maximum Gasteiger partial charge on any atom is 0.184 e. The number of ether oxygens (including phenoxy) is 1. The van der Waals surface area contributed by atoms with E-state index in [1.165, 1.54) is 43.5 Å². The number of benzene rings is 2. The van der Waals surface area contributed by atoms with Crippen LogP contribution < -0.4 is 4.74 Å². The molecule has 0 fully saturated rings. The van der Waals surface area contributed by atoms with Gasteiger partial charge in [-0.15, -0.1) is 0 Å². The molecule has 1 atom stereocenters. The van der Waals surface area contributed by atoms with E-state index in [1.54, 1.807) is 6.07 Å². The van der Waals surface area contributed by atoms with Crippen LogP contribution in [0.1, 0.15) is 21.8 Å². The number of nitriles is 1. The molecule has 0 spiro atoms. The van der Waals surface area contributed by atoms with Crippen molar-refractivity contribution in [3.8, 4) is 11.8 Å². The maximum absolute atomic E-state index is 13.7. The molecule has 0 bridgehead atoms. The highest BCUT2D eigenvalue weighted by Crippen LogP contribution is 2.25. The molecule has 5 heteroatoms. The monoisotopic (exact) mass is 287 g/mol. The van der Waals surface area contributed by atoms with Gasteiger partial charge in [0.25, 0.3) is 0 Å². The van der Waals surface area contributed by atoms with E-state index in [0.29, 0.717) is 0 Å². The fourth-order valence-corrected chi connectivity index (χ4v) is 1.96. The van der Waals surface area contributed by atoms with E-state index in [1.807, 2.05) is 0 Å². The van der Waals surface area contributed by atoms with Gasteiger partial charge in [-0.05, 0) is 24.3 Å². The molecular weight excluding hydrogens is 276 g/mol. The van der Waals surface area contributed by atoms with E-state index in [-0.39, 0.29) is 16.9 Å². The quantitative estimate of drug-likeness (QED) is 0.809. The number of rotatable bonds is 4. The van der Waals surface area contributed by atoms with Crippen molar-refractivity contribution >= 4 is 5.78 Å². The van der Waals surface area contributed by atoms with Crippen LogP contribution in [0.5, 0.6) is 5.75 Å². The van der Waals surface area contributed by atoms with Gasteiger partial charge in [0, 0.05) is 11.1 Å². The lowest BCUT2D eigenvalue weighted by Crippen LogP contribution is -2.13. The van der Waals surface area contributed by atoms with E-state index in [9.17, 15) is 13.6 Å². The van der Waals surface area contributed by atoms with Crippen molar-refractivity contribution < 1.29 is 18.3 Å². The van der Waals surface area contributed by atoms with E-state index in [4.69, 9.17) is 10.00 Å². The molecule has 0 saturated carbocycles. The maximum atomic E-state index is 13.7. The lowest BCUT2D eigenvalue weighted by Gasteiger charge is -2.10. The number of methoxy groups -OCH3 is 1. The molecule has 0 aliphatic carbocycles. The van der Waals surface area contributed by atoms with Gasteiger partial charge in [0.1, 0.15) is 11.7 Å². The summed E-state index contributed by atoms with van der Waals surface area (Å²) in [7, 11) is 1.30. The van der Waals surface area contributed by atoms with Crippen molar-refractivity contribution in [2.24, 2.45) is 0 Å². The summed E-state index contributed by atoms with van der Waals surface area (Å²) in [6.45, 7) is 0. The first-order chi connectivity index (χ1) is 10.1. The molecule has 3 nitrogen and oxygen atoms in total. The lowest BCUT2D eigenvalue weighted by molar-refractivity contribution is 0.0977. The zero-order valence-corrected chi connectivity index (χ0v) is 11.1. The molecule has 21 heavy (non-hydrogen) atoms. The highest BCUT2D eigenvalue weighted by Gasteiger charge is 2.25. The molecule has 1 unspecified atom stereocenters. The SMILES string of the molecule is COc1ccc(C(=O)C(C#N)c2ccccc2F)cc1F. The van der Waals surface area contributed by atoms with E-state index < -0.39 is 23.3 Å². The molecule has 0 aromatic heterocycles. The fraction of sp³-hybridized carbons (Fsp3) is 0.125. The number of hydrogen-bond acceptors (Lipinski definition) is 3. The van der Waals surface area contributed by atoms with Crippen molar-refractivity contribution in [3.05, 3.63) is 65.2 Å². The second kappa shape index (κ2) is 6.14. The van der Waals surface area contributed by atoms with E-state index >= 15 is 0 Å². The summed E-state index contributed by atoms with van der Waals surface area (Å²) in [5.41, 5.74) is -0.0377. The Labute approximate surface area is 120 Å². The first kappa shape index (κ1) is 14.7. The van der Waals surface area contributed by atoms with Crippen LogP contribution in [0, 0.1) is 23.0 Å². The van der Waals surface area contributed by atoms with Crippen LogP contribution >= 0.6 is 0 Å². The van der Waals surface area contributed by atoms with Crippen molar-refractivity contribution in [1.82, 2.24) is 0 Å². The molecule has 0 saturated heterocycles. The topological polar surface area (TPSA) is 50.1 Å². The Morgan fingerprint density at radius 1 is 1.19 bits per heavy atom. The number of carbonyl (C=O) groups is 1. The molecule has 0 heterocycles. The molecule has 0 N–H and O–H groups in total. The van der Waals surface area contributed by atoms with Crippen LogP contribution in [0.2, 0.25) is 0 Å². The Morgan fingerprint density at radius 3 is 2.48 bits per heavy atom. The predicted molar refractivity (Wildman–Crippen MR) is 72.0 cm³/mol. The Bertz CT molecular complexity index is 722. The van der Waals surface area contributed by atoms with Gasteiger partial charge in [-0.1, -0.05) is 18.2 Å². The summed E-state index contributed by atoms with van der Waals surface area (Å²) < 4.78 is 32.1. The summed E-state index contributed by atoms with van der Waals surface area (Å²) in [6.07, 6.45) is 0. The third-order valence-electron chi connectivity index (χ3n) is 3.04. The molecule has 2 aromatic rings. The van der Waals surface area contributed by atoms with Crippen molar-refractivity contribution in [3.63, 3.8) is 0 Å². The van der Waals surface area contributed by atoms with Crippen molar-refractivity contribution in [1.29, 1.82) is 5.26 Å². The Kier molecular flexibility index (Phi) is 4.29. The predicted octanol–water partition coefficient (Wildman–Crippen LogP) is 3.46. The normalized spacial score (nSPS) is 11.5. The lowest BCUT2D eigenvalue weighted by atomic mass is 9.91. The molecule has 0 radical (unpaired) electrons. The highest BCUT2D eigenvalue weighted by atomic mass is 19.1. The van der Waals surface area contributed by atoms with E-state index in [2.05, 4.69) is 0 Å². The molecular formula is C16H11F2NO2. The Balaban J connectivity index is 2.40. The largest absolute Gasteiger partial charge is 0.494 e. The second-order valence-corrected chi connectivity index (χ2v) is 4.30. The summed E-state index contributed by atoms with van der Waals surface area (Å²) >= 11 is 0. The zero-order chi connectivity index (χ0) is 15.4. The van der Waals surface area contributed by atoms with Gasteiger partial charge in [-0.3, -0.25) is 4.79 Å². The first-order valence-corrected chi connectivity index (χ1v) is 6.10. The van der Waals surface area contributed by atoms with Crippen molar-refractivity contribution in [2.75, 3.05) is 7.11 Å². The third-order valence-corrected chi connectivity index (χ3v) is 3.04. The van der Waals surface area contributed by atoms with Gasteiger partial charge in [0.15, 0.2) is 17.3 Å². The van der Waals surface area contributed by atoms with Crippen LogP contribution in [-0.4, -0.2) is 12.9 Å². The van der Waals surface area contributed by atoms with Crippen LogP contribution in [0.15, 0.2) is 42.5 Å². The van der Waals surface area contributed by atoms with Crippen LogP contribution in [-0.2, 0) is 0 Å². The minimum Gasteiger partial charge on any atom is -0.494 e. The summed E-state index contributed by atoms with van der Waals surface area (Å²) in [5.74, 6) is -3.35. The first-order valence-electron chi connectivity index (χ1n) is 6.10. The highest BCUT2D eigenvalue weighted by molar-refractivity contribution is 6.02. The minimum atomic E-state index is -1.32. The zero-order valence-electron chi connectivity index (χ0n) is 11.1. The number of Topliss-reactive ketones (excluding diaryl/α,β-unsaturated/α-hetero) is 1. The Hall–Kier alpha value is -2.74. The standard InChI is InChI=1S/C16H11F2NO2/c1-21-15-7-6-10(8-14(15)18)16(20)12(9-19)11-4-2-3-5-13(11)17/h2-8,12H,1H3. The average molecular weight is 287 g/mol. The minimum absolute atomic E-state index is 0.00838. The van der Waals surface area contributed by atoms with Gasteiger partial charge in [0.05, 0.1) is 13.2 Å². The number of halogens is 2. The van der Waals surface area contributed by atoms with E-state index in [0.717, 1.165) is 6.07 Å². The summed E-state index contributed by atoms with van der Waals surface area (Å²) in [4.78, 5) is 12.3. The summed E-state index contributed by atoms with van der Waals surface area (Å²) in [5, 5.41) is 9.15. The van der Waals surface area contributed by atoms with Gasteiger partial charge >= 0.3 is 0 Å². The van der Waals surface area contributed by atoms with Gasteiger partial charge in [-0.25, -0.2) is 8.78 Å². The Morgan fingerprint density at radius 2 is 1.90 bits per heavy atom. The van der Waals surface area contributed by atoms with Crippen LogP contribution in [0.25, 0.3) is 0 Å². The van der Waals surface area contributed by atoms with Crippen molar-refractivity contribution in [2.45, 2.75) is 5.92 Å². The van der Waals surface area contributed by atoms with Crippen LogP contribution in [0.4, 0.5) is 8.78 Å². The smallest absolute Gasteiger partial charge is 0.184 e. The van der Waals surface area contributed by atoms with Gasteiger partial charge in [-0.2, -0.15) is 5.26 Å². The number of nitrogens with zero attached hydrogens (tertiary/aromatic N) is 1. The molecule has 2 aromatic carbocycles. The molecule has 0 aliphatic heterocycles. The summed E-state index contributed by atoms with van der Waals surface area (Å²) in [6, 6.07) is 10.9. The average Bonchev–Trinajstić information content (AvgIpc) is 2.49. The van der Waals surface area contributed by atoms with Gasteiger partial charge in [0.2, 0.25) is 0 Å².